The molecule has 3 rings (SSSR count). The maximum atomic E-state index is 12.3. The monoisotopic (exact) mass is 290 g/mol. The third kappa shape index (κ3) is 3.12. The van der Waals surface area contributed by atoms with Crippen molar-refractivity contribution in [1.82, 2.24) is 20.0 Å². The fourth-order valence-corrected chi connectivity index (χ4v) is 2.56. The van der Waals surface area contributed by atoms with Crippen LogP contribution in [0, 0.1) is 5.92 Å². The number of H-pyrrole nitrogens is 1. The molecule has 1 saturated heterocycles. The molecule has 1 aromatic heterocycles. The SMILES string of the molecule is O=C(c1ccc(=O)[nH]n1)N1CCCN(C(=O)C2CC2)CC1. The molecule has 2 fully saturated rings. The van der Waals surface area contributed by atoms with Gasteiger partial charge in [-0.2, -0.15) is 5.10 Å². The molecule has 21 heavy (non-hydrogen) atoms. The number of aromatic amines is 1. The quantitative estimate of drug-likeness (QED) is 0.821. The Morgan fingerprint density at radius 1 is 1.10 bits per heavy atom. The first-order valence-corrected chi connectivity index (χ1v) is 7.29. The van der Waals surface area contributed by atoms with Crippen molar-refractivity contribution in [2.45, 2.75) is 19.3 Å². The molecule has 112 valence electrons. The summed E-state index contributed by atoms with van der Waals surface area (Å²) in [6, 6.07) is 2.72. The molecule has 2 amide bonds. The van der Waals surface area contributed by atoms with E-state index in [1.807, 2.05) is 4.90 Å². The number of carbonyl (C=O) groups is 2. The summed E-state index contributed by atoms with van der Waals surface area (Å²) in [5.41, 5.74) is -0.0970. The van der Waals surface area contributed by atoms with Crippen LogP contribution < -0.4 is 5.56 Å². The Bertz CT molecular complexity index is 588. The average Bonchev–Trinajstić information content (AvgIpc) is 3.33. The maximum absolute atomic E-state index is 12.3. The van der Waals surface area contributed by atoms with E-state index in [2.05, 4.69) is 10.2 Å². The van der Waals surface area contributed by atoms with E-state index in [4.69, 9.17) is 0 Å². The van der Waals surface area contributed by atoms with E-state index in [0.717, 1.165) is 19.3 Å². The Labute approximate surface area is 121 Å². The number of amides is 2. The zero-order valence-corrected chi connectivity index (χ0v) is 11.7. The van der Waals surface area contributed by atoms with E-state index in [0.29, 0.717) is 26.2 Å². The van der Waals surface area contributed by atoms with E-state index in [9.17, 15) is 14.4 Å². The van der Waals surface area contributed by atoms with Gasteiger partial charge in [-0.15, -0.1) is 0 Å². The second kappa shape index (κ2) is 5.67. The molecule has 0 bridgehead atoms. The zero-order valence-electron chi connectivity index (χ0n) is 11.7. The molecule has 0 radical (unpaired) electrons. The van der Waals surface area contributed by atoms with Crippen LogP contribution in [-0.4, -0.2) is 58.0 Å². The van der Waals surface area contributed by atoms with E-state index in [-0.39, 0.29) is 29.0 Å². The molecular weight excluding hydrogens is 272 g/mol. The summed E-state index contributed by atoms with van der Waals surface area (Å²) < 4.78 is 0. The molecule has 7 nitrogen and oxygen atoms in total. The number of rotatable bonds is 2. The van der Waals surface area contributed by atoms with Crippen LogP contribution in [0.5, 0.6) is 0 Å². The normalized spacial score (nSPS) is 19.2. The molecular formula is C14H18N4O3. The highest BCUT2D eigenvalue weighted by atomic mass is 16.2. The smallest absolute Gasteiger partial charge is 0.274 e. The van der Waals surface area contributed by atoms with Gasteiger partial charge in [-0.1, -0.05) is 0 Å². The van der Waals surface area contributed by atoms with Gasteiger partial charge in [0.1, 0.15) is 5.69 Å². The van der Waals surface area contributed by atoms with Crippen molar-refractivity contribution < 1.29 is 9.59 Å². The van der Waals surface area contributed by atoms with Crippen LogP contribution in [0.4, 0.5) is 0 Å². The van der Waals surface area contributed by atoms with Crippen molar-refractivity contribution >= 4 is 11.8 Å². The number of aromatic nitrogens is 2. The average molecular weight is 290 g/mol. The van der Waals surface area contributed by atoms with Gasteiger partial charge < -0.3 is 9.80 Å². The first-order chi connectivity index (χ1) is 10.1. The largest absolute Gasteiger partial charge is 0.341 e. The van der Waals surface area contributed by atoms with Crippen LogP contribution in [0.2, 0.25) is 0 Å². The van der Waals surface area contributed by atoms with Crippen molar-refractivity contribution in [3.05, 3.63) is 28.2 Å². The van der Waals surface area contributed by atoms with Crippen LogP contribution in [0.25, 0.3) is 0 Å². The summed E-state index contributed by atoms with van der Waals surface area (Å²) in [6.07, 6.45) is 2.77. The third-order valence-corrected chi connectivity index (χ3v) is 3.92. The van der Waals surface area contributed by atoms with Gasteiger partial charge in [0.2, 0.25) is 5.91 Å². The molecule has 7 heteroatoms. The predicted octanol–water partition coefficient (Wildman–Crippen LogP) is -0.146. The van der Waals surface area contributed by atoms with Crippen LogP contribution in [0.1, 0.15) is 29.8 Å². The number of hydrogen-bond donors (Lipinski definition) is 1. The second-order valence-corrected chi connectivity index (χ2v) is 5.55. The molecule has 0 aromatic carbocycles. The van der Waals surface area contributed by atoms with Crippen molar-refractivity contribution in [3.8, 4) is 0 Å². The second-order valence-electron chi connectivity index (χ2n) is 5.55. The lowest BCUT2D eigenvalue weighted by atomic mass is 10.3. The molecule has 0 unspecified atom stereocenters. The van der Waals surface area contributed by atoms with E-state index in [1.165, 1.54) is 12.1 Å². The molecule has 2 heterocycles. The Kier molecular flexibility index (Phi) is 3.72. The van der Waals surface area contributed by atoms with E-state index >= 15 is 0 Å². The fraction of sp³-hybridized carbons (Fsp3) is 0.571. The number of carbonyl (C=O) groups excluding carboxylic acids is 2. The highest BCUT2D eigenvalue weighted by Gasteiger charge is 2.34. The van der Waals surface area contributed by atoms with Gasteiger partial charge in [0.25, 0.3) is 11.5 Å². The van der Waals surface area contributed by atoms with Crippen molar-refractivity contribution in [3.63, 3.8) is 0 Å². The Balaban J connectivity index is 1.64. The number of nitrogens with one attached hydrogen (secondary N) is 1. The first-order valence-electron chi connectivity index (χ1n) is 7.29. The van der Waals surface area contributed by atoms with Crippen molar-refractivity contribution in [2.75, 3.05) is 26.2 Å². The lowest BCUT2D eigenvalue weighted by Gasteiger charge is -2.21. The van der Waals surface area contributed by atoms with Crippen LogP contribution in [0.3, 0.4) is 0 Å². The van der Waals surface area contributed by atoms with Gasteiger partial charge in [-0.3, -0.25) is 14.4 Å². The van der Waals surface area contributed by atoms with Gasteiger partial charge in [0.15, 0.2) is 0 Å². The molecule has 1 saturated carbocycles. The Hall–Kier alpha value is -2.18. The number of nitrogens with zero attached hydrogens (tertiary/aromatic N) is 3. The Morgan fingerprint density at radius 2 is 1.81 bits per heavy atom. The summed E-state index contributed by atoms with van der Waals surface area (Å²) >= 11 is 0. The molecule has 1 aliphatic carbocycles. The molecule has 1 aliphatic heterocycles. The van der Waals surface area contributed by atoms with Crippen LogP contribution >= 0.6 is 0 Å². The molecule has 1 aromatic rings. The summed E-state index contributed by atoms with van der Waals surface area (Å²) in [5.74, 6) is 0.242. The van der Waals surface area contributed by atoms with Crippen LogP contribution in [0.15, 0.2) is 16.9 Å². The molecule has 0 spiro atoms. The maximum Gasteiger partial charge on any atom is 0.274 e. The third-order valence-electron chi connectivity index (χ3n) is 3.92. The fourth-order valence-electron chi connectivity index (χ4n) is 2.56. The lowest BCUT2D eigenvalue weighted by molar-refractivity contribution is -0.132. The standard InChI is InChI=1S/C14H18N4O3/c19-12-5-4-11(15-16-12)14(21)18-7-1-6-17(8-9-18)13(20)10-2-3-10/h4-5,10H,1-3,6-9H2,(H,16,19). The Morgan fingerprint density at radius 3 is 2.48 bits per heavy atom. The van der Waals surface area contributed by atoms with Gasteiger partial charge >= 0.3 is 0 Å². The van der Waals surface area contributed by atoms with Gasteiger partial charge in [0.05, 0.1) is 0 Å². The van der Waals surface area contributed by atoms with E-state index < -0.39 is 0 Å². The zero-order chi connectivity index (χ0) is 14.8. The minimum Gasteiger partial charge on any atom is -0.341 e. The van der Waals surface area contributed by atoms with E-state index in [1.54, 1.807) is 4.90 Å². The highest BCUT2D eigenvalue weighted by Crippen LogP contribution is 2.31. The van der Waals surface area contributed by atoms with Gasteiger partial charge in [-0.05, 0) is 25.3 Å². The minimum absolute atomic E-state index is 0.202. The van der Waals surface area contributed by atoms with Crippen molar-refractivity contribution in [1.29, 1.82) is 0 Å². The predicted molar refractivity (Wildman–Crippen MR) is 74.7 cm³/mol. The summed E-state index contributed by atoms with van der Waals surface area (Å²) in [5, 5.41) is 6.04. The van der Waals surface area contributed by atoms with Crippen molar-refractivity contribution in [2.24, 2.45) is 5.92 Å². The lowest BCUT2D eigenvalue weighted by Crippen LogP contribution is -2.38. The van der Waals surface area contributed by atoms with Crippen LogP contribution in [-0.2, 0) is 4.79 Å². The highest BCUT2D eigenvalue weighted by molar-refractivity contribution is 5.92. The van der Waals surface area contributed by atoms with Gasteiger partial charge in [-0.25, -0.2) is 5.10 Å². The molecule has 1 N–H and O–H groups in total. The topological polar surface area (TPSA) is 86.4 Å². The summed E-state index contributed by atoms with van der Waals surface area (Å²) in [6.45, 7) is 2.40. The van der Waals surface area contributed by atoms with Gasteiger partial charge in [0, 0.05) is 38.2 Å². The minimum atomic E-state index is -0.330. The molecule has 0 atom stereocenters. The first kappa shape index (κ1) is 13.8. The summed E-state index contributed by atoms with van der Waals surface area (Å²) in [4.78, 5) is 38.9. The summed E-state index contributed by atoms with van der Waals surface area (Å²) in [7, 11) is 0. The number of hydrogen-bond acceptors (Lipinski definition) is 4. The molecule has 2 aliphatic rings.